The molecule has 0 bridgehead atoms. The highest BCUT2D eigenvalue weighted by Gasteiger charge is 2.30. The molecule has 8 heteroatoms. The third kappa shape index (κ3) is 3.21. The van der Waals surface area contributed by atoms with Gasteiger partial charge in [-0.1, -0.05) is 0 Å². The predicted octanol–water partition coefficient (Wildman–Crippen LogP) is 0.785. The molecule has 21 heavy (non-hydrogen) atoms. The highest BCUT2D eigenvalue weighted by molar-refractivity contribution is 7.92. The molecule has 1 aromatic rings. The lowest BCUT2D eigenvalue weighted by molar-refractivity contribution is -0.141. The summed E-state index contributed by atoms with van der Waals surface area (Å²) in [4.78, 5) is 11.7. The van der Waals surface area contributed by atoms with Crippen LogP contribution in [-0.2, 0) is 19.6 Å². The first-order valence-corrected chi connectivity index (χ1v) is 8.16. The summed E-state index contributed by atoms with van der Waals surface area (Å²) in [6, 6.07) is 3.74. The smallest absolute Gasteiger partial charge is 0.329 e. The zero-order chi connectivity index (χ0) is 15.6. The Morgan fingerprint density at radius 3 is 2.48 bits per heavy atom. The third-order valence-corrected chi connectivity index (χ3v) is 4.27. The van der Waals surface area contributed by atoms with E-state index in [0.717, 1.165) is 10.6 Å². The number of methoxy groups -OCH3 is 1. The van der Waals surface area contributed by atoms with Crippen LogP contribution in [0.2, 0.25) is 0 Å². The lowest BCUT2D eigenvalue weighted by atomic mass is 10.2. The van der Waals surface area contributed by atoms with E-state index in [-0.39, 0.29) is 0 Å². The van der Waals surface area contributed by atoms with Crippen LogP contribution in [0.4, 0.5) is 5.69 Å². The van der Waals surface area contributed by atoms with Gasteiger partial charge >= 0.3 is 5.97 Å². The molecule has 1 aromatic carbocycles. The Morgan fingerprint density at radius 2 is 1.90 bits per heavy atom. The summed E-state index contributed by atoms with van der Waals surface area (Å²) in [5.74, 6) is 0.351. The quantitative estimate of drug-likeness (QED) is 0.764. The van der Waals surface area contributed by atoms with Crippen molar-refractivity contribution in [3.63, 3.8) is 0 Å². The highest BCUT2D eigenvalue weighted by Crippen LogP contribution is 2.35. The summed E-state index contributed by atoms with van der Waals surface area (Å²) in [7, 11) is -2.45. The average Bonchev–Trinajstić information content (AvgIpc) is 2.44. The Bertz CT molecular complexity index is 642. The van der Waals surface area contributed by atoms with Crippen LogP contribution in [0.15, 0.2) is 18.2 Å². The Balaban J connectivity index is 2.44. The number of anilines is 1. The molecule has 1 atom stereocenters. The number of ether oxygens (including phenoxy) is 3. The van der Waals surface area contributed by atoms with Gasteiger partial charge < -0.3 is 14.2 Å². The van der Waals surface area contributed by atoms with E-state index in [1.165, 1.54) is 20.1 Å². The maximum atomic E-state index is 12.0. The molecule has 0 amide bonds. The first-order valence-electron chi connectivity index (χ1n) is 6.31. The fourth-order valence-corrected chi connectivity index (χ4v) is 3.29. The largest absolute Gasteiger partial charge is 0.486 e. The summed E-state index contributed by atoms with van der Waals surface area (Å²) in [6.07, 6.45) is 1.03. The molecule has 1 aliphatic rings. The van der Waals surface area contributed by atoms with Crippen LogP contribution < -0.4 is 13.8 Å². The van der Waals surface area contributed by atoms with Gasteiger partial charge in [0.1, 0.15) is 19.3 Å². The molecule has 2 rings (SSSR count). The SMILES string of the molecule is COC(=O)[C@H](C)N(c1ccc2c(c1)OCCO2)S(C)(=O)=O. The van der Waals surface area contributed by atoms with Gasteiger partial charge in [-0.15, -0.1) is 0 Å². The summed E-state index contributed by atoms with van der Waals surface area (Å²) in [5, 5.41) is 0. The normalized spacial score (nSPS) is 15.2. The molecule has 0 unspecified atom stereocenters. The van der Waals surface area contributed by atoms with E-state index in [2.05, 4.69) is 4.74 Å². The number of carbonyl (C=O) groups is 1. The van der Waals surface area contributed by atoms with Crippen LogP contribution in [0, 0.1) is 0 Å². The topological polar surface area (TPSA) is 82.1 Å². The lowest BCUT2D eigenvalue weighted by Crippen LogP contribution is -2.43. The van der Waals surface area contributed by atoms with E-state index >= 15 is 0 Å². The van der Waals surface area contributed by atoms with E-state index in [9.17, 15) is 13.2 Å². The number of sulfonamides is 1. The zero-order valence-corrected chi connectivity index (χ0v) is 12.8. The number of carbonyl (C=O) groups excluding carboxylic acids is 1. The first-order chi connectivity index (χ1) is 9.84. The lowest BCUT2D eigenvalue weighted by Gasteiger charge is -2.28. The number of hydrogen-bond donors (Lipinski definition) is 0. The highest BCUT2D eigenvalue weighted by atomic mass is 32.2. The maximum Gasteiger partial charge on any atom is 0.329 e. The van der Waals surface area contributed by atoms with Gasteiger partial charge in [-0.25, -0.2) is 13.2 Å². The Kier molecular flexibility index (Phi) is 4.26. The second-order valence-corrected chi connectivity index (χ2v) is 6.45. The van der Waals surface area contributed by atoms with Crippen molar-refractivity contribution in [2.45, 2.75) is 13.0 Å². The minimum absolute atomic E-state index is 0.319. The van der Waals surface area contributed by atoms with E-state index in [1.54, 1.807) is 12.1 Å². The van der Waals surface area contributed by atoms with Gasteiger partial charge in [0.05, 0.1) is 19.1 Å². The second kappa shape index (κ2) is 5.80. The van der Waals surface area contributed by atoms with Gasteiger partial charge in [-0.3, -0.25) is 4.31 Å². The first kappa shape index (κ1) is 15.4. The van der Waals surface area contributed by atoms with E-state index in [1.807, 2.05) is 0 Å². The molecular weight excluding hydrogens is 298 g/mol. The number of rotatable bonds is 4. The summed E-state index contributed by atoms with van der Waals surface area (Å²) >= 11 is 0. The van der Waals surface area contributed by atoms with Crippen LogP contribution in [-0.4, -0.2) is 47.0 Å². The van der Waals surface area contributed by atoms with Crippen molar-refractivity contribution in [1.29, 1.82) is 0 Å². The second-order valence-electron chi connectivity index (χ2n) is 4.59. The molecule has 116 valence electrons. The predicted molar refractivity (Wildman–Crippen MR) is 76.2 cm³/mol. The van der Waals surface area contributed by atoms with E-state index in [0.29, 0.717) is 30.4 Å². The van der Waals surface area contributed by atoms with Crippen molar-refractivity contribution in [3.8, 4) is 11.5 Å². The number of benzene rings is 1. The Hall–Kier alpha value is -1.96. The Labute approximate surface area is 123 Å². The monoisotopic (exact) mass is 315 g/mol. The molecule has 0 saturated heterocycles. The van der Waals surface area contributed by atoms with Crippen molar-refractivity contribution in [2.75, 3.05) is 30.9 Å². The van der Waals surface area contributed by atoms with Gasteiger partial charge in [0, 0.05) is 6.07 Å². The molecule has 0 aromatic heterocycles. The Morgan fingerprint density at radius 1 is 1.29 bits per heavy atom. The fraction of sp³-hybridized carbons (Fsp3) is 0.462. The van der Waals surface area contributed by atoms with Crippen molar-refractivity contribution in [1.82, 2.24) is 0 Å². The van der Waals surface area contributed by atoms with Crippen LogP contribution in [0.1, 0.15) is 6.92 Å². The molecule has 1 heterocycles. The number of hydrogen-bond acceptors (Lipinski definition) is 6. The van der Waals surface area contributed by atoms with Crippen molar-refractivity contribution >= 4 is 21.7 Å². The minimum Gasteiger partial charge on any atom is -0.486 e. The molecule has 0 fully saturated rings. The summed E-state index contributed by atoms with van der Waals surface area (Å²) in [6.45, 7) is 2.30. The van der Waals surface area contributed by atoms with Crippen LogP contribution in [0.5, 0.6) is 11.5 Å². The van der Waals surface area contributed by atoms with Crippen LogP contribution >= 0.6 is 0 Å². The molecule has 0 aliphatic carbocycles. The fourth-order valence-electron chi connectivity index (χ4n) is 2.14. The van der Waals surface area contributed by atoms with Crippen LogP contribution in [0.3, 0.4) is 0 Å². The third-order valence-electron chi connectivity index (χ3n) is 3.03. The van der Waals surface area contributed by atoms with Crippen molar-refractivity contribution in [2.24, 2.45) is 0 Å². The average molecular weight is 315 g/mol. The zero-order valence-electron chi connectivity index (χ0n) is 12.0. The number of esters is 1. The molecule has 1 aliphatic heterocycles. The van der Waals surface area contributed by atoms with E-state index in [4.69, 9.17) is 9.47 Å². The van der Waals surface area contributed by atoms with Crippen LogP contribution in [0.25, 0.3) is 0 Å². The van der Waals surface area contributed by atoms with Gasteiger partial charge in [0.25, 0.3) is 0 Å². The summed E-state index contributed by atoms with van der Waals surface area (Å²) < 4.78 is 40.5. The molecule has 7 nitrogen and oxygen atoms in total. The summed E-state index contributed by atoms with van der Waals surface area (Å²) in [5.41, 5.74) is 0.319. The van der Waals surface area contributed by atoms with Crippen molar-refractivity contribution in [3.05, 3.63) is 18.2 Å². The van der Waals surface area contributed by atoms with Gasteiger partial charge in [0.15, 0.2) is 11.5 Å². The van der Waals surface area contributed by atoms with Gasteiger partial charge in [-0.2, -0.15) is 0 Å². The minimum atomic E-state index is -3.66. The molecule has 0 spiro atoms. The molecular formula is C13H17NO6S. The molecule has 0 N–H and O–H groups in total. The number of fused-ring (bicyclic) bond motifs is 1. The van der Waals surface area contributed by atoms with Gasteiger partial charge in [-0.05, 0) is 19.1 Å². The van der Waals surface area contributed by atoms with E-state index < -0.39 is 22.0 Å². The van der Waals surface area contributed by atoms with Crippen molar-refractivity contribution < 1.29 is 27.4 Å². The maximum absolute atomic E-state index is 12.0. The standard InChI is InChI=1S/C13H17NO6S/c1-9(13(15)18-2)14(21(3,16)17)10-4-5-11-12(8-10)20-7-6-19-11/h4-5,8-9H,6-7H2,1-3H3/t9-/m0/s1. The van der Waals surface area contributed by atoms with Gasteiger partial charge in [0.2, 0.25) is 10.0 Å². The molecule has 0 saturated carbocycles. The number of nitrogens with zero attached hydrogens (tertiary/aromatic N) is 1. The molecule has 0 radical (unpaired) electrons.